The molecule has 0 aliphatic heterocycles. The molecular formula is C22H15ClF2N4O2S. The molecule has 2 aromatic carbocycles. The molecule has 0 aliphatic carbocycles. The molecule has 4 aromatic rings. The van der Waals surface area contributed by atoms with Crippen LogP contribution >= 0.6 is 23.4 Å². The summed E-state index contributed by atoms with van der Waals surface area (Å²) in [6.45, 7) is 2.47. The minimum absolute atomic E-state index is 0.0168. The summed E-state index contributed by atoms with van der Waals surface area (Å²) in [5, 5.41) is 23.5. The first-order chi connectivity index (χ1) is 15.3. The third-order valence-corrected chi connectivity index (χ3v) is 6.33. The van der Waals surface area contributed by atoms with E-state index in [1.54, 1.807) is 16.9 Å². The van der Waals surface area contributed by atoms with Crippen molar-refractivity contribution in [3.05, 3.63) is 70.6 Å². The van der Waals surface area contributed by atoms with Gasteiger partial charge >= 0.3 is 5.97 Å². The number of fused-ring (bicyclic) bond motifs is 1. The van der Waals surface area contributed by atoms with Crippen molar-refractivity contribution in [3.8, 4) is 11.8 Å². The molecule has 2 aromatic heterocycles. The number of rotatable bonds is 6. The third-order valence-electron chi connectivity index (χ3n) is 4.88. The molecule has 0 saturated carbocycles. The van der Waals surface area contributed by atoms with E-state index in [1.807, 2.05) is 6.92 Å². The zero-order chi connectivity index (χ0) is 23.0. The predicted octanol–water partition coefficient (Wildman–Crippen LogP) is 5.43. The van der Waals surface area contributed by atoms with E-state index in [2.05, 4.69) is 11.2 Å². The van der Waals surface area contributed by atoms with E-state index in [9.17, 15) is 14.4 Å². The summed E-state index contributed by atoms with van der Waals surface area (Å²) in [6.07, 6.45) is 2.70. The minimum atomic E-state index is -1.16. The molecule has 4 rings (SSSR count). The summed E-state index contributed by atoms with van der Waals surface area (Å²) in [4.78, 5) is 11.5. The minimum Gasteiger partial charge on any atom is -0.481 e. The van der Waals surface area contributed by atoms with Gasteiger partial charge in [0.25, 0.3) is 0 Å². The van der Waals surface area contributed by atoms with Crippen molar-refractivity contribution in [2.45, 2.75) is 29.7 Å². The first-order valence-corrected chi connectivity index (χ1v) is 10.7. The second-order valence-electron chi connectivity index (χ2n) is 6.84. The van der Waals surface area contributed by atoms with E-state index >= 15 is 4.39 Å². The molecular weight excluding hydrogens is 458 g/mol. The molecule has 0 spiro atoms. The van der Waals surface area contributed by atoms with Crippen LogP contribution in [0.25, 0.3) is 16.6 Å². The third kappa shape index (κ3) is 3.72. The van der Waals surface area contributed by atoms with E-state index in [1.165, 1.54) is 35.0 Å². The molecule has 0 radical (unpaired) electrons. The molecule has 0 atom stereocenters. The van der Waals surface area contributed by atoms with E-state index in [-0.39, 0.29) is 26.7 Å². The maximum atomic E-state index is 15.2. The summed E-state index contributed by atoms with van der Waals surface area (Å²) in [7, 11) is 0. The fraction of sp³-hybridized carbons (Fsp3) is 0.136. The highest BCUT2D eigenvalue weighted by atomic mass is 35.5. The Hall–Kier alpha value is -3.35. The first kappa shape index (κ1) is 21.9. The highest BCUT2D eigenvalue weighted by Crippen LogP contribution is 2.42. The van der Waals surface area contributed by atoms with Crippen LogP contribution in [0.3, 0.4) is 0 Å². The van der Waals surface area contributed by atoms with Crippen LogP contribution in [-0.2, 0) is 17.8 Å². The molecule has 162 valence electrons. The monoisotopic (exact) mass is 472 g/mol. The van der Waals surface area contributed by atoms with E-state index in [4.69, 9.17) is 16.7 Å². The Morgan fingerprint density at radius 2 is 2.06 bits per heavy atom. The van der Waals surface area contributed by atoms with Gasteiger partial charge in [-0.25, -0.2) is 8.78 Å². The maximum Gasteiger partial charge on any atom is 0.307 e. The van der Waals surface area contributed by atoms with Gasteiger partial charge in [-0.3, -0.25) is 14.0 Å². The van der Waals surface area contributed by atoms with Crippen molar-refractivity contribution in [2.24, 2.45) is 0 Å². The normalized spacial score (nSPS) is 11.1. The van der Waals surface area contributed by atoms with Gasteiger partial charge in [-0.05, 0) is 25.1 Å². The fourth-order valence-corrected chi connectivity index (χ4v) is 4.68. The highest BCUT2D eigenvalue weighted by Gasteiger charge is 2.25. The quantitative estimate of drug-likeness (QED) is 0.404. The zero-order valence-corrected chi connectivity index (χ0v) is 18.2. The van der Waals surface area contributed by atoms with Gasteiger partial charge in [0.05, 0.1) is 33.7 Å². The topological polar surface area (TPSA) is 83.8 Å². The number of benzene rings is 2. The van der Waals surface area contributed by atoms with E-state index in [0.29, 0.717) is 22.5 Å². The lowest BCUT2D eigenvalue weighted by molar-refractivity contribution is -0.136. The molecule has 0 amide bonds. The molecule has 10 heteroatoms. The zero-order valence-electron chi connectivity index (χ0n) is 16.6. The van der Waals surface area contributed by atoms with Gasteiger partial charge in [0.15, 0.2) is 5.82 Å². The smallest absolute Gasteiger partial charge is 0.307 e. The Morgan fingerprint density at radius 3 is 2.72 bits per heavy atom. The van der Waals surface area contributed by atoms with Gasteiger partial charge in [-0.1, -0.05) is 35.5 Å². The molecule has 0 unspecified atom stereocenters. The maximum absolute atomic E-state index is 15.2. The van der Waals surface area contributed by atoms with Crippen LogP contribution in [0, 0.1) is 23.0 Å². The molecule has 2 heterocycles. The number of aryl methyl sites for hydroxylation is 1. The lowest BCUT2D eigenvalue weighted by Gasteiger charge is -2.07. The average molecular weight is 473 g/mol. The van der Waals surface area contributed by atoms with Gasteiger partial charge in [-0.2, -0.15) is 10.4 Å². The Kier molecular flexibility index (Phi) is 5.91. The fourth-order valence-electron chi connectivity index (χ4n) is 3.43. The number of halogens is 3. The summed E-state index contributed by atoms with van der Waals surface area (Å²) in [6, 6.07) is 9.45. The van der Waals surface area contributed by atoms with Crippen molar-refractivity contribution in [1.29, 1.82) is 5.26 Å². The molecule has 0 aliphatic rings. The highest BCUT2D eigenvalue weighted by molar-refractivity contribution is 7.99. The number of carboxylic acids is 1. The number of nitriles is 1. The number of nitrogens with zero attached hydrogens (tertiary/aromatic N) is 4. The number of carboxylic acid groups (broad SMARTS) is 1. The second kappa shape index (κ2) is 8.65. The van der Waals surface area contributed by atoms with Crippen LogP contribution < -0.4 is 0 Å². The van der Waals surface area contributed by atoms with Gasteiger partial charge in [0.1, 0.15) is 17.6 Å². The summed E-state index contributed by atoms with van der Waals surface area (Å²) >= 11 is 6.96. The van der Waals surface area contributed by atoms with Crippen LogP contribution in [0.1, 0.15) is 18.2 Å². The van der Waals surface area contributed by atoms with Crippen molar-refractivity contribution >= 4 is 40.2 Å². The molecule has 1 N–H and O–H groups in total. The number of aromatic nitrogens is 3. The Bertz CT molecular complexity index is 1410. The van der Waals surface area contributed by atoms with Gasteiger partial charge in [0.2, 0.25) is 0 Å². The average Bonchev–Trinajstić information content (AvgIpc) is 3.35. The van der Waals surface area contributed by atoms with Gasteiger partial charge < -0.3 is 5.11 Å². The standard InChI is InChI=1S/C22H15ClF2N4O2S/c1-2-28-11-13(10-27-28)29-16(9-26)22(14-6-7-15(23)20(25)21(14)29)32-17-5-3-4-12(19(17)24)8-18(30)31/h3-7,10-11H,2,8H2,1H3,(H,30,31). The van der Waals surface area contributed by atoms with Crippen LogP contribution in [0.15, 0.2) is 52.5 Å². The van der Waals surface area contributed by atoms with Crippen LogP contribution in [0.2, 0.25) is 5.02 Å². The van der Waals surface area contributed by atoms with Crippen LogP contribution in [0.4, 0.5) is 8.78 Å². The largest absolute Gasteiger partial charge is 0.481 e. The number of hydrogen-bond acceptors (Lipinski definition) is 4. The molecule has 0 fully saturated rings. The van der Waals surface area contributed by atoms with Crippen molar-refractivity contribution in [2.75, 3.05) is 0 Å². The Balaban J connectivity index is 1.96. The lowest BCUT2D eigenvalue weighted by Crippen LogP contribution is -2.03. The van der Waals surface area contributed by atoms with Gasteiger partial charge in [-0.15, -0.1) is 0 Å². The molecule has 0 bridgehead atoms. The predicted molar refractivity (Wildman–Crippen MR) is 116 cm³/mol. The van der Waals surface area contributed by atoms with E-state index < -0.39 is 24.0 Å². The van der Waals surface area contributed by atoms with Crippen LogP contribution in [-0.4, -0.2) is 25.4 Å². The number of aliphatic carboxylic acids is 1. The SMILES string of the molecule is CCn1cc(-n2c(C#N)c(Sc3cccc(CC(=O)O)c3F)c3ccc(Cl)c(F)c32)cn1. The molecule has 0 saturated heterocycles. The summed E-state index contributed by atoms with van der Waals surface area (Å²) in [5.41, 5.74) is 0.642. The van der Waals surface area contributed by atoms with Crippen molar-refractivity contribution in [3.63, 3.8) is 0 Å². The first-order valence-electron chi connectivity index (χ1n) is 9.48. The van der Waals surface area contributed by atoms with Crippen molar-refractivity contribution < 1.29 is 18.7 Å². The van der Waals surface area contributed by atoms with Crippen molar-refractivity contribution in [1.82, 2.24) is 14.3 Å². The second-order valence-corrected chi connectivity index (χ2v) is 8.30. The molecule has 6 nitrogen and oxygen atoms in total. The lowest BCUT2D eigenvalue weighted by atomic mass is 10.1. The molecule has 32 heavy (non-hydrogen) atoms. The Morgan fingerprint density at radius 1 is 1.28 bits per heavy atom. The van der Waals surface area contributed by atoms with E-state index in [0.717, 1.165) is 11.8 Å². The van der Waals surface area contributed by atoms with Crippen LogP contribution in [0.5, 0.6) is 0 Å². The number of carbonyl (C=O) groups is 1. The van der Waals surface area contributed by atoms with Gasteiger partial charge in [0, 0.05) is 28.6 Å². The Labute approximate surface area is 190 Å². The summed E-state index contributed by atoms with van der Waals surface area (Å²) < 4.78 is 33.2. The summed E-state index contributed by atoms with van der Waals surface area (Å²) in [5.74, 6) is -2.57. The number of hydrogen-bond donors (Lipinski definition) is 1.